The molecule has 0 aromatic heterocycles. The molecule has 0 aliphatic carbocycles. The van der Waals surface area contributed by atoms with Gasteiger partial charge in [0, 0.05) is 23.7 Å². The molecule has 1 aromatic rings. The Morgan fingerprint density at radius 2 is 2.00 bits per heavy atom. The molecule has 0 saturated heterocycles. The van der Waals surface area contributed by atoms with Crippen LogP contribution in [0.2, 0.25) is 0 Å². The molecule has 0 saturated carbocycles. The Morgan fingerprint density at radius 3 is 2.50 bits per heavy atom. The van der Waals surface area contributed by atoms with Gasteiger partial charge in [0.2, 0.25) is 5.91 Å². The van der Waals surface area contributed by atoms with Gasteiger partial charge in [0.25, 0.3) is 5.69 Å². The summed E-state index contributed by atoms with van der Waals surface area (Å²) in [5, 5.41) is 13.5. The molecule has 0 heterocycles. The number of anilines is 1. The van der Waals surface area contributed by atoms with Gasteiger partial charge in [-0.3, -0.25) is 14.9 Å². The maximum atomic E-state index is 11.7. The zero-order valence-electron chi connectivity index (χ0n) is 11.1. The molecule has 0 unspecified atom stereocenters. The average Bonchev–Trinajstić information content (AvgIpc) is 2.17. The van der Waals surface area contributed by atoms with Crippen LogP contribution in [0.4, 0.5) is 11.4 Å². The monoisotopic (exact) mass is 250 g/mol. The number of nitrogens with one attached hydrogen (secondary N) is 1. The number of rotatable bonds is 3. The Kier molecular flexibility index (Phi) is 4.06. The van der Waals surface area contributed by atoms with Crippen LogP contribution in [0.3, 0.4) is 0 Å². The molecule has 1 rings (SSSR count). The summed E-state index contributed by atoms with van der Waals surface area (Å²) < 4.78 is 0. The van der Waals surface area contributed by atoms with Gasteiger partial charge in [0.05, 0.1) is 4.92 Å². The summed E-state index contributed by atoms with van der Waals surface area (Å²) >= 11 is 0. The number of aryl methyl sites for hydroxylation is 1. The van der Waals surface area contributed by atoms with E-state index in [-0.39, 0.29) is 17.0 Å². The van der Waals surface area contributed by atoms with Crippen LogP contribution in [-0.2, 0) is 4.79 Å². The Hall–Kier alpha value is -1.91. The summed E-state index contributed by atoms with van der Waals surface area (Å²) in [5.74, 6) is -0.138. The van der Waals surface area contributed by atoms with Crippen molar-refractivity contribution in [1.29, 1.82) is 0 Å². The Bertz CT molecular complexity index is 476. The number of carbonyl (C=O) groups is 1. The largest absolute Gasteiger partial charge is 0.326 e. The van der Waals surface area contributed by atoms with Crippen molar-refractivity contribution in [2.24, 2.45) is 5.41 Å². The summed E-state index contributed by atoms with van der Waals surface area (Å²) in [4.78, 5) is 22.0. The first-order valence-corrected chi connectivity index (χ1v) is 5.74. The van der Waals surface area contributed by atoms with Gasteiger partial charge in [-0.2, -0.15) is 0 Å². The van der Waals surface area contributed by atoms with Crippen molar-refractivity contribution in [3.8, 4) is 0 Å². The standard InChI is InChI=1S/C13H18N2O3/c1-9-5-6-10(7-11(9)15(17)18)14-12(16)8-13(2,3)4/h5-7H,8H2,1-4H3,(H,14,16). The van der Waals surface area contributed by atoms with Gasteiger partial charge in [-0.25, -0.2) is 0 Å². The third kappa shape index (κ3) is 4.16. The zero-order chi connectivity index (χ0) is 13.9. The first kappa shape index (κ1) is 14.2. The molecule has 0 bridgehead atoms. The topological polar surface area (TPSA) is 72.2 Å². The summed E-state index contributed by atoms with van der Waals surface area (Å²) in [5.41, 5.74) is 0.944. The van der Waals surface area contributed by atoms with Crippen LogP contribution < -0.4 is 5.32 Å². The van der Waals surface area contributed by atoms with E-state index in [9.17, 15) is 14.9 Å². The van der Waals surface area contributed by atoms with Gasteiger partial charge in [0.15, 0.2) is 0 Å². The van der Waals surface area contributed by atoms with E-state index in [0.29, 0.717) is 17.7 Å². The first-order valence-electron chi connectivity index (χ1n) is 5.74. The number of hydrogen-bond acceptors (Lipinski definition) is 3. The molecule has 1 aromatic carbocycles. The Balaban J connectivity index is 2.83. The van der Waals surface area contributed by atoms with Gasteiger partial charge in [-0.1, -0.05) is 26.8 Å². The number of nitro groups is 1. The van der Waals surface area contributed by atoms with Gasteiger partial charge < -0.3 is 5.32 Å². The number of benzene rings is 1. The molecule has 0 fully saturated rings. The number of nitro benzene ring substituents is 1. The van der Waals surface area contributed by atoms with Crippen LogP contribution in [0.25, 0.3) is 0 Å². The van der Waals surface area contributed by atoms with Crippen LogP contribution in [0.1, 0.15) is 32.8 Å². The van der Waals surface area contributed by atoms with Crippen molar-refractivity contribution in [1.82, 2.24) is 0 Å². The second-order valence-electron chi connectivity index (χ2n) is 5.54. The van der Waals surface area contributed by atoms with Crippen molar-refractivity contribution >= 4 is 17.3 Å². The molecule has 0 spiro atoms. The summed E-state index contributed by atoms with van der Waals surface area (Å²) in [7, 11) is 0. The van der Waals surface area contributed by atoms with Crippen LogP contribution in [0.15, 0.2) is 18.2 Å². The van der Waals surface area contributed by atoms with E-state index in [1.807, 2.05) is 20.8 Å². The lowest BCUT2D eigenvalue weighted by atomic mass is 9.92. The second kappa shape index (κ2) is 5.16. The van der Waals surface area contributed by atoms with Gasteiger partial charge >= 0.3 is 0 Å². The molecule has 1 amide bonds. The normalized spacial score (nSPS) is 11.1. The minimum absolute atomic E-state index is 0.0172. The summed E-state index contributed by atoms with van der Waals surface area (Å²) in [6.45, 7) is 7.55. The van der Waals surface area contributed by atoms with E-state index < -0.39 is 4.92 Å². The van der Waals surface area contributed by atoms with E-state index in [4.69, 9.17) is 0 Å². The molecule has 5 nitrogen and oxygen atoms in total. The molecular formula is C13H18N2O3. The predicted molar refractivity (Wildman–Crippen MR) is 70.5 cm³/mol. The third-order valence-electron chi connectivity index (χ3n) is 2.38. The number of nitrogens with zero attached hydrogens (tertiary/aromatic N) is 1. The SMILES string of the molecule is Cc1ccc(NC(=O)CC(C)(C)C)cc1[N+](=O)[O-]. The Morgan fingerprint density at radius 1 is 1.39 bits per heavy atom. The van der Waals surface area contributed by atoms with E-state index in [2.05, 4.69) is 5.32 Å². The van der Waals surface area contributed by atoms with Crippen LogP contribution in [-0.4, -0.2) is 10.8 Å². The maximum absolute atomic E-state index is 11.7. The molecule has 0 radical (unpaired) electrons. The lowest BCUT2D eigenvalue weighted by Gasteiger charge is -2.17. The smallest absolute Gasteiger partial charge is 0.274 e. The number of hydrogen-bond donors (Lipinski definition) is 1. The highest BCUT2D eigenvalue weighted by atomic mass is 16.6. The molecule has 18 heavy (non-hydrogen) atoms. The van der Waals surface area contributed by atoms with Gasteiger partial charge in [0.1, 0.15) is 0 Å². The first-order chi connectivity index (χ1) is 8.19. The molecule has 0 aliphatic heterocycles. The minimum atomic E-state index is -0.450. The highest BCUT2D eigenvalue weighted by molar-refractivity contribution is 5.91. The van der Waals surface area contributed by atoms with Gasteiger partial charge in [-0.15, -0.1) is 0 Å². The molecule has 0 atom stereocenters. The van der Waals surface area contributed by atoms with Crippen LogP contribution >= 0.6 is 0 Å². The van der Waals surface area contributed by atoms with E-state index >= 15 is 0 Å². The second-order valence-corrected chi connectivity index (χ2v) is 5.54. The quantitative estimate of drug-likeness (QED) is 0.661. The van der Waals surface area contributed by atoms with E-state index in [1.54, 1.807) is 19.1 Å². The fourth-order valence-electron chi connectivity index (χ4n) is 1.57. The van der Waals surface area contributed by atoms with E-state index in [1.165, 1.54) is 6.07 Å². The van der Waals surface area contributed by atoms with Crippen molar-refractivity contribution in [3.05, 3.63) is 33.9 Å². The lowest BCUT2D eigenvalue weighted by Crippen LogP contribution is -2.19. The van der Waals surface area contributed by atoms with Gasteiger partial charge in [-0.05, 0) is 18.4 Å². The summed E-state index contributed by atoms with van der Waals surface area (Å²) in [6.07, 6.45) is 0.370. The fraction of sp³-hybridized carbons (Fsp3) is 0.462. The Labute approximate surface area is 106 Å². The molecule has 98 valence electrons. The zero-order valence-corrected chi connectivity index (χ0v) is 11.1. The molecule has 0 aliphatic rings. The van der Waals surface area contributed by atoms with Crippen LogP contribution in [0, 0.1) is 22.5 Å². The van der Waals surface area contributed by atoms with Crippen LogP contribution in [0.5, 0.6) is 0 Å². The highest BCUT2D eigenvalue weighted by Crippen LogP contribution is 2.24. The average molecular weight is 250 g/mol. The highest BCUT2D eigenvalue weighted by Gasteiger charge is 2.17. The van der Waals surface area contributed by atoms with E-state index in [0.717, 1.165) is 0 Å². The molecule has 5 heteroatoms. The maximum Gasteiger partial charge on any atom is 0.274 e. The van der Waals surface area contributed by atoms with Crippen molar-refractivity contribution in [3.63, 3.8) is 0 Å². The fourth-order valence-corrected chi connectivity index (χ4v) is 1.57. The number of carbonyl (C=O) groups excluding carboxylic acids is 1. The lowest BCUT2D eigenvalue weighted by molar-refractivity contribution is -0.385. The summed E-state index contributed by atoms with van der Waals surface area (Å²) in [6, 6.07) is 4.68. The van der Waals surface area contributed by atoms with Crippen molar-refractivity contribution in [2.75, 3.05) is 5.32 Å². The number of amides is 1. The predicted octanol–water partition coefficient (Wildman–Crippen LogP) is 3.28. The van der Waals surface area contributed by atoms with Crippen molar-refractivity contribution < 1.29 is 9.72 Å². The third-order valence-corrected chi connectivity index (χ3v) is 2.38. The molecular weight excluding hydrogens is 232 g/mol. The molecule has 1 N–H and O–H groups in total. The minimum Gasteiger partial charge on any atom is -0.326 e. The van der Waals surface area contributed by atoms with Crippen molar-refractivity contribution in [2.45, 2.75) is 34.1 Å².